The maximum atomic E-state index is 13.3. The fourth-order valence-electron chi connectivity index (χ4n) is 3.96. The molecule has 0 spiro atoms. The van der Waals surface area contributed by atoms with Gasteiger partial charge in [0.15, 0.2) is 16.6 Å². The predicted molar refractivity (Wildman–Crippen MR) is 135 cm³/mol. The van der Waals surface area contributed by atoms with E-state index in [1.54, 1.807) is 10.2 Å². The molecule has 166 valence electrons. The van der Waals surface area contributed by atoms with Crippen LogP contribution in [0.15, 0.2) is 71.8 Å². The van der Waals surface area contributed by atoms with E-state index >= 15 is 0 Å². The van der Waals surface area contributed by atoms with Gasteiger partial charge in [0.05, 0.1) is 27.4 Å². The van der Waals surface area contributed by atoms with E-state index in [2.05, 4.69) is 33.6 Å². The average molecular weight is 569 g/mol. The lowest BCUT2D eigenvalue weighted by molar-refractivity contribution is 0.0254. The highest BCUT2D eigenvalue weighted by molar-refractivity contribution is 14.1. The summed E-state index contributed by atoms with van der Waals surface area (Å²) in [5.41, 5.74) is 2.94. The second-order valence-corrected chi connectivity index (χ2v) is 10.1. The third-order valence-corrected chi connectivity index (χ3v) is 8.10. The Hall–Kier alpha value is -2.74. The summed E-state index contributed by atoms with van der Waals surface area (Å²) >= 11 is 2.19. The zero-order valence-electron chi connectivity index (χ0n) is 17.6. The summed E-state index contributed by atoms with van der Waals surface area (Å²) in [5.74, 6) is 0.593. The van der Waals surface area contributed by atoms with E-state index in [-0.39, 0.29) is 6.10 Å². The van der Waals surface area contributed by atoms with Gasteiger partial charge >= 0.3 is 0 Å². The average Bonchev–Trinajstić information content (AvgIpc) is 3.21. The van der Waals surface area contributed by atoms with Crippen molar-refractivity contribution in [1.82, 2.24) is 8.96 Å². The molecule has 1 aliphatic rings. The van der Waals surface area contributed by atoms with Crippen molar-refractivity contribution in [2.24, 2.45) is 0 Å². The third-order valence-electron chi connectivity index (χ3n) is 5.60. The molecule has 5 rings (SSSR count). The minimum atomic E-state index is -1.42. The quantitative estimate of drug-likeness (QED) is 0.305. The number of pyridine rings is 1. The SMILES string of the molecule is N#Cc1cc(-c2ccnc3c2cc(I)n3S(=O)c2ccccc2)ccc1OC1CCOCC1. The fraction of sp³-hybridized carbons (Fsp3) is 0.200. The molecule has 1 atom stereocenters. The van der Waals surface area contributed by atoms with Crippen molar-refractivity contribution in [2.75, 3.05) is 13.2 Å². The molecular weight excluding hydrogens is 549 g/mol. The van der Waals surface area contributed by atoms with Crippen LogP contribution < -0.4 is 4.74 Å². The first kappa shape index (κ1) is 22.1. The van der Waals surface area contributed by atoms with Gasteiger partial charge in [0.1, 0.15) is 17.9 Å². The minimum absolute atomic E-state index is 0.0629. The van der Waals surface area contributed by atoms with Crippen molar-refractivity contribution in [3.63, 3.8) is 0 Å². The monoisotopic (exact) mass is 569 g/mol. The van der Waals surface area contributed by atoms with E-state index in [4.69, 9.17) is 9.47 Å². The summed E-state index contributed by atoms with van der Waals surface area (Å²) in [6.45, 7) is 1.36. The summed E-state index contributed by atoms with van der Waals surface area (Å²) in [6, 6.07) is 21.2. The Morgan fingerprint density at radius 2 is 1.91 bits per heavy atom. The molecule has 4 aromatic rings. The predicted octanol–water partition coefficient (Wildman–Crippen LogP) is 5.31. The molecular formula is C25H20IN3O3S. The fourth-order valence-corrected chi connectivity index (χ4v) is 6.15. The Labute approximate surface area is 207 Å². The van der Waals surface area contributed by atoms with E-state index in [0.29, 0.717) is 35.1 Å². The van der Waals surface area contributed by atoms with Gasteiger partial charge in [-0.1, -0.05) is 24.3 Å². The molecule has 33 heavy (non-hydrogen) atoms. The number of nitrogens with zero attached hydrogens (tertiary/aromatic N) is 3. The van der Waals surface area contributed by atoms with Crippen molar-refractivity contribution in [1.29, 1.82) is 5.26 Å². The van der Waals surface area contributed by atoms with Crippen LogP contribution in [-0.2, 0) is 15.7 Å². The standard InChI is InChI=1S/C25H20IN3O3S/c26-24-15-22-21(8-11-28-25(22)29(24)33(30)20-4-2-1-3-5-20)17-6-7-23(18(14-17)16-27)32-19-9-12-31-13-10-19/h1-8,11,14-15,19H,9-10,12-13H2. The van der Waals surface area contributed by atoms with Crippen molar-refractivity contribution in [3.05, 3.63) is 76.1 Å². The maximum absolute atomic E-state index is 13.3. The van der Waals surface area contributed by atoms with E-state index in [0.717, 1.165) is 33.1 Å². The third kappa shape index (κ3) is 4.40. The van der Waals surface area contributed by atoms with E-state index in [1.807, 2.05) is 60.7 Å². The van der Waals surface area contributed by atoms with Crippen molar-refractivity contribution < 1.29 is 13.7 Å². The molecule has 0 aliphatic carbocycles. The molecule has 0 saturated carbocycles. The van der Waals surface area contributed by atoms with Crippen LogP contribution in [0.2, 0.25) is 0 Å². The largest absolute Gasteiger partial charge is 0.489 e. The molecule has 2 aromatic heterocycles. The summed E-state index contributed by atoms with van der Waals surface area (Å²) < 4.78 is 27.3. The minimum Gasteiger partial charge on any atom is -0.489 e. The lowest BCUT2D eigenvalue weighted by atomic mass is 10.0. The van der Waals surface area contributed by atoms with Crippen LogP contribution in [0.25, 0.3) is 22.2 Å². The Morgan fingerprint density at radius 1 is 1.12 bits per heavy atom. The number of ether oxygens (including phenoxy) is 2. The molecule has 2 aromatic carbocycles. The maximum Gasteiger partial charge on any atom is 0.159 e. The number of hydrogen-bond donors (Lipinski definition) is 0. The van der Waals surface area contributed by atoms with Crippen LogP contribution in [0.5, 0.6) is 5.75 Å². The van der Waals surface area contributed by atoms with E-state index < -0.39 is 11.0 Å². The molecule has 0 amide bonds. The number of benzene rings is 2. The van der Waals surface area contributed by atoms with Gasteiger partial charge in [0.25, 0.3) is 0 Å². The molecule has 1 unspecified atom stereocenters. The number of fused-ring (bicyclic) bond motifs is 1. The van der Waals surface area contributed by atoms with Crippen molar-refractivity contribution in [3.8, 4) is 22.9 Å². The molecule has 1 fully saturated rings. The first-order valence-corrected chi connectivity index (χ1v) is 12.8. The molecule has 6 nitrogen and oxygen atoms in total. The van der Waals surface area contributed by atoms with Gasteiger partial charge in [-0.25, -0.2) is 13.2 Å². The van der Waals surface area contributed by atoms with Crippen LogP contribution in [0.3, 0.4) is 0 Å². The van der Waals surface area contributed by atoms with Crippen LogP contribution in [0, 0.1) is 15.0 Å². The van der Waals surface area contributed by atoms with Crippen LogP contribution >= 0.6 is 22.6 Å². The van der Waals surface area contributed by atoms with Gasteiger partial charge in [-0.3, -0.25) is 0 Å². The zero-order valence-corrected chi connectivity index (χ0v) is 20.6. The second kappa shape index (κ2) is 9.63. The number of aromatic nitrogens is 2. The highest BCUT2D eigenvalue weighted by atomic mass is 127. The molecule has 8 heteroatoms. The normalized spacial score (nSPS) is 15.3. The van der Waals surface area contributed by atoms with Crippen LogP contribution in [0.1, 0.15) is 18.4 Å². The van der Waals surface area contributed by atoms with Gasteiger partial charge in [-0.15, -0.1) is 0 Å². The smallest absolute Gasteiger partial charge is 0.159 e. The van der Waals surface area contributed by atoms with Crippen LogP contribution in [-0.4, -0.2) is 32.5 Å². The topological polar surface area (TPSA) is 77.1 Å². The summed E-state index contributed by atoms with van der Waals surface area (Å²) in [7, 11) is -1.42. The number of nitriles is 1. The van der Waals surface area contributed by atoms with Crippen molar-refractivity contribution >= 4 is 44.6 Å². The summed E-state index contributed by atoms with van der Waals surface area (Å²) in [6.07, 6.45) is 3.42. The first-order valence-electron chi connectivity index (χ1n) is 10.6. The highest BCUT2D eigenvalue weighted by Crippen LogP contribution is 2.34. The van der Waals surface area contributed by atoms with Gasteiger partial charge in [-0.05, 0) is 70.1 Å². The van der Waals surface area contributed by atoms with Crippen molar-refractivity contribution in [2.45, 2.75) is 23.8 Å². The summed E-state index contributed by atoms with van der Waals surface area (Å²) in [5, 5.41) is 10.6. The second-order valence-electron chi connectivity index (χ2n) is 7.67. The number of rotatable bonds is 5. The van der Waals surface area contributed by atoms with Gasteiger partial charge < -0.3 is 9.47 Å². The highest BCUT2D eigenvalue weighted by Gasteiger charge is 2.20. The molecule has 0 radical (unpaired) electrons. The Kier molecular flexibility index (Phi) is 6.44. The van der Waals surface area contributed by atoms with E-state index in [1.165, 1.54) is 0 Å². The van der Waals surface area contributed by atoms with Gasteiger partial charge in [0, 0.05) is 24.4 Å². The van der Waals surface area contributed by atoms with Gasteiger partial charge in [-0.2, -0.15) is 5.26 Å². The molecule has 0 N–H and O–H groups in total. The Bertz CT molecular complexity index is 1380. The zero-order chi connectivity index (χ0) is 22.8. The lowest BCUT2D eigenvalue weighted by Gasteiger charge is -2.23. The number of halogens is 1. The molecule has 3 heterocycles. The molecule has 0 bridgehead atoms. The first-order chi connectivity index (χ1) is 16.2. The lowest BCUT2D eigenvalue weighted by Crippen LogP contribution is -2.26. The molecule has 1 saturated heterocycles. The summed E-state index contributed by atoms with van der Waals surface area (Å²) in [4.78, 5) is 5.25. The Balaban J connectivity index is 1.54. The Morgan fingerprint density at radius 3 is 2.67 bits per heavy atom. The molecule has 1 aliphatic heterocycles. The van der Waals surface area contributed by atoms with Crippen LogP contribution in [0.4, 0.5) is 0 Å². The van der Waals surface area contributed by atoms with E-state index in [9.17, 15) is 9.47 Å². The van der Waals surface area contributed by atoms with Gasteiger partial charge in [0.2, 0.25) is 0 Å². The number of hydrogen-bond acceptors (Lipinski definition) is 5.